The number of halogens is 1. The molecular formula is C12H16BrN3O. The summed E-state index contributed by atoms with van der Waals surface area (Å²) in [7, 11) is 1.82. The Balaban J connectivity index is 2.27. The zero-order valence-electron chi connectivity index (χ0n) is 9.77. The summed E-state index contributed by atoms with van der Waals surface area (Å²) in [4.78, 5) is 15.5. The number of nitrogens with zero attached hydrogens (tertiary/aromatic N) is 2. The van der Waals surface area contributed by atoms with Gasteiger partial charge in [-0.2, -0.15) is 0 Å². The van der Waals surface area contributed by atoms with Crippen molar-refractivity contribution in [3.63, 3.8) is 0 Å². The van der Waals surface area contributed by atoms with Gasteiger partial charge < -0.3 is 15.5 Å². The van der Waals surface area contributed by atoms with Gasteiger partial charge in [0.25, 0.3) is 0 Å². The van der Waals surface area contributed by atoms with Gasteiger partial charge in [0.2, 0.25) is 0 Å². The molecule has 1 heterocycles. The van der Waals surface area contributed by atoms with E-state index in [4.69, 9.17) is 5.73 Å². The standard InChI is InChI=1S/C12H16BrN3O/c1-15-8-11(16(6-5-14)12(15)17)9-3-2-4-10(13)7-9/h2-4,7,11H,5-6,8,14H2,1H3. The van der Waals surface area contributed by atoms with Crippen LogP contribution in [-0.2, 0) is 0 Å². The summed E-state index contributed by atoms with van der Waals surface area (Å²) in [5, 5.41) is 0. The molecule has 1 atom stereocenters. The third-order valence-electron chi connectivity index (χ3n) is 3.00. The molecule has 1 aliphatic rings. The van der Waals surface area contributed by atoms with Gasteiger partial charge in [-0.05, 0) is 17.7 Å². The third kappa shape index (κ3) is 2.45. The van der Waals surface area contributed by atoms with Crippen molar-refractivity contribution in [2.75, 3.05) is 26.7 Å². The number of benzene rings is 1. The molecule has 1 fully saturated rings. The molecule has 17 heavy (non-hydrogen) atoms. The van der Waals surface area contributed by atoms with Crippen molar-refractivity contribution in [1.82, 2.24) is 9.80 Å². The van der Waals surface area contributed by atoms with Crippen LogP contribution in [0.2, 0.25) is 0 Å². The summed E-state index contributed by atoms with van der Waals surface area (Å²) in [6.45, 7) is 1.81. The lowest BCUT2D eigenvalue weighted by Crippen LogP contribution is -2.34. The molecule has 1 aliphatic heterocycles. The lowest BCUT2D eigenvalue weighted by Gasteiger charge is -2.22. The van der Waals surface area contributed by atoms with E-state index >= 15 is 0 Å². The Hall–Kier alpha value is -1.07. The number of carbonyl (C=O) groups is 1. The van der Waals surface area contributed by atoms with Crippen LogP contribution in [0.1, 0.15) is 11.6 Å². The van der Waals surface area contributed by atoms with Gasteiger partial charge in [-0.1, -0.05) is 28.1 Å². The van der Waals surface area contributed by atoms with E-state index in [1.807, 2.05) is 30.1 Å². The Morgan fingerprint density at radius 2 is 2.29 bits per heavy atom. The van der Waals surface area contributed by atoms with Crippen molar-refractivity contribution in [2.45, 2.75) is 6.04 Å². The maximum absolute atomic E-state index is 11.9. The highest BCUT2D eigenvalue weighted by molar-refractivity contribution is 9.10. The zero-order valence-corrected chi connectivity index (χ0v) is 11.4. The molecule has 5 heteroatoms. The Morgan fingerprint density at radius 3 is 2.94 bits per heavy atom. The molecule has 0 radical (unpaired) electrons. The van der Waals surface area contributed by atoms with Crippen molar-refractivity contribution >= 4 is 22.0 Å². The van der Waals surface area contributed by atoms with Crippen LogP contribution in [0.25, 0.3) is 0 Å². The van der Waals surface area contributed by atoms with Crippen molar-refractivity contribution < 1.29 is 4.79 Å². The van der Waals surface area contributed by atoms with Crippen LogP contribution in [0, 0.1) is 0 Å². The van der Waals surface area contributed by atoms with Crippen LogP contribution in [0.5, 0.6) is 0 Å². The minimum absolute atomic E-state index is 0.0559. The lowest BCUT2D eigenvalue weighted by atomic mass is 10.1. The average Bonchev–Trinajstić information content (AvgIpc) is 2.58. The Bertz CT molecular complexity index is 424. The highest BCUT2D eigenvalue weighted by atomic mass is 79.9. The molecule has 4 nitrogen and oxygen atoms in total. The summed E-state index contributed by atoms with van der Waals surface area (Å²) in [6.07, 6.45) is 0. The number of likely N-dealkylation sites (N-methyl/N-ethyl adjacent to an activating group) is 1. The number of carbonyl (C=O) groups excluding carboxylic acids is 1. The van der Waals surface area contributed by atoms with E-state index in [1.54, 1.807) is 4.90 Å². The normalized spacial score (nSPS) is 20.2. The van der Waals surface area contributed by atoms with Gasteiger partial charge in [0.15, 0.2) is 0 Å². The van der Waals surface area contributed by atoms with Crippen molar-refractivity contribution in [3.8, 4) is 0 Å². The van der Waals surface area contributed by atoms with Crippen LogP contribution in [0.15, 0.2) is 28.7 Å². The Kier molecular flexibility index (Phi) is 3.69. The fourth-order valence-corrected chi connectivity index (χ4v) is 2.60. The minimum Gasteiger partial charge on any atom is -0.329 e. The quantitative estimate of drug-likeness (QED) is 0.925. The van der Waals surface area contributed by atoms with Gasteiger partial charge in [-0.15, -0.1) is 0 Å². The number of urea groups is 1. The van der Waals surface area contributed by atoms with E-state index in [2.05, 4.69) is 22.0 Å². The van der Waals surface area contributed by atoms with Crippen LogP contribution in [0.4, 0.5) is 4.79 Å². The van der Waals surface area contributed by atoms with E-state index in [0.717, 1.165) is 16.6 Å². The number of nitrogens with two attached hydrogens (primary N) is 1. The van der Waals surface area contributed by atoms with Crippen LogP contribution in [-0.4, -0.2) is 42.5 Å². The largest absolute Gasteiger partial charge is 0.329 e. The molecule has 0 aliphatic carbocycles. The third-order valence-corrected chi connectivity index (χ3v) is 3.49. The molecule has 0 bridgehead atoms. The molecule has 0 saturated carbocycles. The molecular weight excluding hydrogens is 282 g/mol. The van der Waals surface area contributed by atoms with Crippen molar-refractivity contribution in [1.29, 1.82) is 0 Å². The number of hydrogen-bond acceptors (Lipinski definition) is 2. The topological polar surface area (TPSA) is 49.6 Å². The van der Waals surface area contributed by atoms with Gasteiger partial charge in [-0.3, -0.25) is 0 Å². The monoisotopic (exact) mass is 297 g/mol. The molecule has 2 amide bonds. The number of hydrogen-bond donors (Lipinski definition) is 1. The van der Waals surface area contributed by atoms with E-state index in [-0.39, 0.29) is 12.1 Å². The number of rotatable bonds is 3. The minimum atomic E-state index is 0.0559. The zero-order chi connectivity index (χ0) is 12.4. The maximum atomic E-state index is 11.9. The molecule has 2 N–H and O–H groups in total. The summed E-state index contributed by atoms with van der Waals surface area (Å²) < 4.78 is 1.03. The summed E-state index contributed by atoms with van der Waals surface area (Å²) in [5.74, 6) is 0. The SMILES string of the molecule is CN1CC(c2cccc(Br)c2)N(CCN)C1=O. The second kappa shape index (κ2) is 5.06. The Morgan fingerprint density at radius 1 is 1.53 bits per heavy atom. The smallest absolute Gasteiger partial charge is 0.320 e. The fraction of sp³-hybridized carbons (Fsp3) is 0.417. The lowest BCUT2D eigenvalue weighted by molar-refractivity contribution is 0.192. The van der Waals surface area contributed by atoms with Gasteiger partial charge in [-0.25, -0.2) is 4.79 Å². The number of amides is 2. The second-order valence-corrected chi connectivity index (χ2v) is 5.13. The summed E-state index contributed by atoms with van der Waals surface area (Å²) in [5.41, 5.74) is 6.71. The summed E-state index contributed by atoms with van der Waals surface area (Å²) in [6, 6.07) is 8.24. The average molecular weight is 298 g/mol. The molecule has 0 aromatic heterocycles. The van der Waals surface area contributed by atoms with Gasteiger partial charge in [0.05, 0.1) is 6.04 Å². The first-order valence-corrected chi connectivity index (χ1v) is 6.40. The summed E-state index contributed by atoms with van der Waals surface area (Å²) >= 11 is 3.46. The first kappa shape index (κ1) is 12.4. The highest BCUT2D eigenvalue weighted by Crippen LogP contribution is 2.29. The van der Waals surface area contributed by atoms with Gasteiger partial charge in [0.1, 0.15) is 0 Å². The molecule has 1 unspecified atom stereocenters. The van der Waals surface area contributed by atoms with Crippen molar-refractivity contribution in [3.05, 3.63) is 34.3 Å². The first-order valence-electron chi connectivity index (χ1n) is 5.60. The molecule has 1 aromatic carbocycles. The van der Waals surface area contributed by atoms with E-state index in [0.29, 0.717) is 13.1 Å². The predicted molar refractivity (Wildman–Crippen MR) is 70.7 cm³/mol. The van der Waals surface area contributed by atoms with Crippen molar-refractivity contribution in [2.24, 2.45) is 5.73 Å². The fourth-order valence-electron chi connectivity index (χ4n) is 2.18. The van der Waals surface area contributed by atoms with Crippen LogP contribution < -0.4 is 5.73 Å². The van der Waals surface area contributed by atoms with Crippen LogP contribution >= 0.6 is 15.9 Å². The molecule has 1 aromatic rings. The molecule has 92 valence electrons. The Labute approximate surface area is 110 Å². The van der Waals surface area contributed by atoms with E-state index in [1.165, 1.54) is 0 Å². The maximum Gasteiger partial charge on any atom is 0.320 e. The molecule has 2 rings (SSSR count). The van der Waals surface area contributed by atoms with Crippen LogP contribution in [0.3, 0.4) is 0 Å². The second-order valence-electron chi connectivity index (χ2n) is 4.22. The molecule has 0 spiro atoms. The first-order chi connectivity index (χ1) is 8.13. The van der Waals surface area contributed by atoms with Gasteiger partial charge >= 0.3 is 6.03 Å². The van der Waals surface area contributed by atoms with E-state index in [9.17, 15) is 4.79 Å². The highest BCUT2D eigenvalue weighted by Gasteiger charge is 2.35. The molecule has 1 saturated heterocycles. The predicted octanol–water partition coefficient (Wildman–Crippen LogP) is 1.82. The van der Waals surface area contributed by atoms with Gasteiger partial charge in [0, 0.05) is 31.2 Å². The van der Waals surface area contributed by atoms with E-state index < -0.39 is 0 Å².